The number of aryl methyl sites for hydroxylation is 1. The van der Waals surface area contributed by atoms with E-state index < -0.39 is 11.0 Å². The highest BCUT2D eigenvalue weighted by molar-refractivity contribution is 5.96. The van der Waals surface area contributed by atoms with Crippen molar-refractivity contribution in [2.75, 3.05) is 11.5 Å². The molecule has 0 saturated heterocycles. The Morgan fingerprint density at radius 2 is 2.29 bits per heavy atom. The number of amides is 1. The summed E-state index contributed by atoms with van der Waals surface area (Å²) in [7, 11) is 0. The highest BCUT2D eigenvalue weighted by atomic mass is 16.6. The number of ether oxygens (including phenoxy) is 1. The van der Waals surface area contributed by atoms with Crippen molar-refractivity contribution in [1.29, 1.82) is 0 Å². The topological polar surface area (TPSA) is 72.7 Å². The van der Waals surface area contributed by atoms with Gasteiger partial charge in [-0.1, -0.05) is 18.2 Å². The average Bonchev–Trinajstić information content (AvgIpc) is 2.98. The maximum Gasteiger partial charge on any atom is 0.415 e. The van der Waals surface area contributed by atoms with Crippen molar-refractivity contribution in [2.45, 2.75) is 32.2 Å². The van der Waals surface area contributed by atoms with Crippen LogP contribution in [0.15, 0.2) is 24.3 Å². The van der Waals surface area contributed by atoms with Crippen LogP contribution >= 0.6 is 0 Å². The summed E-state index contributed by atoms with van der Waals surface area (Å²) in [5, 5.41) is 11.4. The standard InChI is InChI=1S/C15H16N2O4/c1-3-21-15(18)16-12-6-4-5-10(12)11-7-9(2)8-13(14(11)16)17(19)20/h4,6-8,10,12H,3,5H2,1-2H3. The van der Waals surface area contributed by atoms with Crippen molar-refractivity contribution < 1.29 is 14.5 Å². The molecule has 0 radical (unpaired) electrons. The van der Waals surface area contributed by atoms with Gasteiger partial charge in [-0.2, -0.15) is 0 Å². The number of carbonyl (C=O) groups is 1. The number of fused-ring (bicyclic) bond motifs is 3. The fraction of sp³-hybridized carbons (Fsp3) is 0.400. The van der Waals surface area contributed by atoms with Gasteiger partial charge in [-0.3, -0.25) is 15.0 Å². The molecule has 0 spiro atoms. The van der Waals surface area contributed by atoms with Gasteiger partial charge in [0, 0.05) is 12.0 Å². The second-order valence-electron chi connectivity index (χ2n) is 5.31. The molecule has 0 N–H and O–H groups in total. The number of allylic oxidation sites excluding steroid dienone is 1. The lowest BCUT2D eigenvalue weighted by atomic mass is 9.95. The quantitative estimate of drug-likeness (QED) is 0.475. The lowest BCUT2D eigenvalue weighted by molar-refractivity contribution is -0.384. The summed E-state index contributed by atoms with van der Waals surface area (Å²) in [5.41, 5.74) is 2.06. The number of benzene rings is 1. The summed E-state index contributed by atoms with van der Waals surface area (Å²) in [6.45, 7) is 3.80. The highest BCUT2D eigenvalue weighted by Gasteiger charge is 2.46. The molecule has 1 amide bonds. The summed E-state index contributed by atoms with van der Waals surface area (Å²) in [5.74, 6) is 0.0861. The van der Waals surface area contributed by atoms with Crippen LogP contribution in [0.1, 0.15) is 30.4 Å². The van der Waals surface area contributed by atoms with Crippen LogP contribution in [0.4, 0.5) is 16.2 Å². The van der Waals surface area contributed by atoms with E-state index in [1.807, 2.05) is 25.1 Å². The molecule has 0 saturated carbocycles. The lowest BCUT2D eigenvalue weighted by Crippen LogP contribution is -2.37. The normalized spacial score (nSPS) is 22.1. The predicted octanol–water partition coefficient (Wildman–Crippen LogP) is 3.29. The molecule has 21 heavy (non-hydrogen) atoms. The van der Waals surface area contributed by atoms with Crippen LogP contribution in [0.25, 0.3) is 0 Å². The van der Waals surface area contributed by atoms with Crippen LogP contribution in [-0.2, 0) is 4.74 Å². The molecule has 2 unspecified atom stereocenters. The van der Waals surface area contributed by atoms with Crippen LogP contribution in [0.3, 0.4) is 0 Å². The SMILES string of the molecule is CCOC(=O)N1c2c(cc(C)cc2[N+](=O)[O-])C2CC=CC21. The first-order chi connectivity index (χ1) is 10.0. The molecular weight excluding hydrogens is 272 g/mol. The zero-order valence-electron chi connectivity index (χ0n) is 11.9. The molecule has 3 rings (SSSR count). The summed E-state index contributed by atoms with van der Waals surface area (Å²) < 4.78 is 5.09. The highest BCUT2D eigenvalue weighted by Crippen LogP contribution is 2.51. The van der Waals surface area contributed by atoms with E-state index in [-0.39, 0.29) is 24.3 Å². The largest absolute Gasteiger partial charge is 0.449 e. The van der Waals surface area contributed by atoms with E-state index in [1.165, 1.54) is 11.0 Å². The van der Waals surface area contributed by atoms with Gasteiger partial charge in [0.1, 0.15) is 5.69 Å². The Balaban J connectivity index is 2.18. The zero-order chi connectivity index (χ0) is 15.1. The Morgan fingerprint density at radius 1 is 1.52 bits per heavy atom. The van der Waals surface area contributed by atoms with E-state index in [1.54, 1.807) is 6.92 Å². The van der Waals surface area contributed by atoms with Crippen molar-refractivity contribution in [2.24, 2.45) is 0 Å². The Morgan fingerprint density at radius 3 is 2.95 bits per heavy atom. The number of hydrogen-bond donors (Lipinski definition) is 0. The lowest BCUT2D eigenvalue weighted by Gasteiger charge is -2.22. The van der Waals surface area contributed by atoms with E-state index in [0.717, 1.165) is 17.5 Å². The molecule has 0 fully saturated rings. The molecule has 2 atom stereocenters. The second kappa shape index (κ2) is 4.87. The second-order valence-corrected chi connectivity index (χ2v) is 5.31. The van der Waals surface area contributed by atoms with E-state index in [4.69, 9.17) is 4.74 Å². The van der Waals surface area contributed by atoms with E-state index in [0.29, 0.717) is 5.69 Å². The Kier molecular flexibility index (Phi) is 3.16. The molecule has 6 nitrogen and oxygen atoms in total. The summed E-state index contributed by atoms with van der Waals surface area (Å²) in [4.78, 5) is 24.6. The van der Waals surface area contributed by atoms with Crippen LogP contribution < -0.4 is 4.90 Å². The van der Waals surface area contributed by atoms with E-state index in [9.17, 15) is 14.9 Å². The van der Waals surface area contributed by atoms with Crippen LogP contribution in [0.2, 0.25) is 0 Å². The first kappa shape index (κ1) is 13.6. The molecule has 0 bridgehead atoms. The van der Waals surface area contributed by atoms with Gasteiger partial charge in [0.2, 0.25) is 0 Å². The first-order valence-corrected chi connectivity index (χ1v) is 6.96. The third-order valence-electron chi connectivity index (χ3n) is 4.00. The number of anilines is 1. The van der Waals surface area contributed by atoms with Crippen molar-refractivity contribution in [3.63, 3.8) is 0 Å². The molecule has 110 valence electrons. The van der Waals surface area contributed by atoms with Crippen LogP contribution in [0.5, 0.6) is 0 Å². The number of carbonyl (C=O) groups excluding carboxylic acids is 1. The number of hydrogen-bond acceptors (Lipinski definition) is 4. The Hall–Kier alpha value is -2.37. The number of nitro benzene ring substituents is 1. The molecular formula is C15H16N2O4. The van der Waals surface area contributed by atoms with Crippen molar-refractivity contribution in [3.05, 3.63) is 45.5 Å². The molecule has 1 aliphatic heterocycles. The van der Waals surface area contributed by atoms with Gasteiger partial charge in [0.15, 0.2) is 0 Å². The number of rotatable bonds is 2. The van der Waals surface area contributed by atoms with Gasteiger partial charge in [0.05, 0.1) is 17.6 Å². The van der Waals surface area contributed by atoms with Gasteiger partial charge in [0.25, 0.3) is 5.69 Å². The number of nitrogens with zero attached hydrogens (tertiary/aromatic N) is 2. The minimum Gasteiger partial charge on any atom is -0.449 e. The summed E-state index contributed by atoms with van der Waals surface area (Å²) >= 11 is 0. The van der Waals surface area contributed by atoms with Crippen LogP contribution in [-0.4, -0.2) is 23.7 Å². The van der Waals surface area contributed by atoms with Crippen molar-refractivity contribution in [1.82, 2.24) is 0 Å². The minimum absolute atomic E-state index is 0.0270. The predicted molar refractivity (Wildman–Crippen MR) is 77.6 cm³/mol. The fourth-order valence-electron chi connectivity index (χ4n) is 3.24. The molecule has 1 heterocycles. The molecule has 1 aromatic carbocycles. The molecule has 2 aliphatic rings. The van der Waals surface area contributed by atoms with Gasteiger partial charge in [-0.05, 0) is 31.4 Å². The van der Waals surface area contributed by atoms with E-state index in [2.05, 4.69) is 0 Å². The maximum absolute atomic E-state index is 12.3. The summed E-state index contributed by atoms with van der Waals surface area (Å²) in [6, 6.07) is 3.27. The van der Waals surface area contributed by atoms with Gasteiger partial charge >= 0.3 is 6.09 Å². The van der Waals surface area contributed by atoms with E-state index >= 15 is 0 Å². The fourth-order valence-corrected chi connectivity index (χ4v) is 3.24. The van der Waals surface area contributed by atoms with Crippen molar-refractivity contribution >= 4 is 17.5 Å². The summed E-state index contributed by atoms with van der Waals surface area (Å²) in [6.07, 6.45) is 4.21. The first-order valence-electron chi connectivity index (χ1n) is 6.96. The minimum atomic E-state index is -0.523. The Bertz CT molecular complexity index is 653. The Labute approximate surface area is 122 Å². The maximum atomic E-state index is 12.3. The molecule has 1 aromatic rings. The van der Waals surface area contributed by atoms with Crippen LogP contribution in [0, 0.1) is 17.0 Å². The monoisotopic (exact) mass is 288 g/mol. The van der Waals surface area contributed by atoms with Gasteiger partial charge < -0.3 is 4.74 Å². The molecule has 0 aromatic heterocycles. The smallest absolute Gasteiger partial charge is 0.415 e. The number of nitro groups is 1. The third kappa shape index (κ3) is 1.98. The zero-order valence-corrected chi connectivity index (χ0v) is 11.9. The van der Waals surface area contributed by atoms with Gasteiger partial charge in [-0.15, -0.1) is 0 Å². The molecule has 6 heteroatoms. The van der Waals surface area contributed by atoms with Gasteiger partial charge in [-0.25, -0.2) is 4.79 Å². The molecule has 1 aliphatic carbocycles. The third-order valence-corrected chi connectivity index (χ3v) is 4.00. The average molecular weight is 288 g/mol. The van der Waals surface area contributed by atoms with Crippen molar-refractivity contribution in [3.8, 4) is 0 Å².